The molecule has 114 valence electrons. The third-order valence-corrected chi connectivity index (χ3v) is 3.61. The molecule has 0 heterocycles. The predicted octanol–water partition coefficient (Wildman–Crippen LogP) is 4.32. The van der Waals surface area contributed by atoms with E-state index >= 15 is 0 Å². The summed E-state index contributed by atoms with van der Waals surface area (Å²) in [7, 11) is 0. The second-order valence-corrected chi connectivity index (χ2v) is 5.91. The Morgan fingerprint density at radius 3 is 2.75 bits per heavy atom. The van der Waals surface area contributed by atoms with E-state index in [2.05, 4.69) is 35.1 Å². The molecule has 0 aromatic heterocycles. The first kappa shape index (κ1) is 17.6. The molecule has 2 nitrogen and oxygen atoms in total. The number of ether oxygens (including phenoxy) is 1. The van der Waals surface area contributed by atoms with Crippen LogP contribution in [0.5, 0.6) is 0 Å². The zero-order valence-corrected chi connectivity index (χ0v) is 14.0. The molecule has 0 spiro atoms. The van der Waals surface area contributed by atoms with Crippen LogP contribution in [-0.4, -0.2) is 25.8 Å². The van der Waals surface area contributed by atoms with Gasteiger partial charge in [-0.1, -0.05) is 29.8 Å². The van der Waals surface area contributed by atoms with E-state index in [1.807, 2.05) is 6.07 Å². The van der Waals surface area contributed by atoms with E-state index in [0.29, 0.717) is 6.42 Å². The van der Waals surface area contributed by atoms with E-state index in [-0.39, 0.29) is 11.9 Å². The molecule has 1 N–H and O–H groups in total. The first-order valence-electron chi connectivity index (χ1n) is 7.42. The Labute approximate surface area is 130 Å². The maximum absolute atomic E-state index is 13.8. The molecule has 1 aromatic rings. The maximum atomic E-state index is 13.8. The smallest absolute Gasteiger partial charge is 0.126 e. The lowest BCUT2D eigenvalue weighted by atomic mass is 10.0. The Hall–Kier alpha value is -0.450. The molecule has 1 aromatic carbocycles. The predicted molar refractivity (Wildman–Crippen MR) is 85.6 cm³/mol. The van der Waals surface area contributed by atoms with Gasteiger partial charge in [0.05, 0.1) is 0 Å². The van der Waals surface area contributed by atoms with Gasteiger partial charge in [-0.05, 0) is 56.0 Å². The number of rotatable bonds is 10. The highest BCUT2D eigenvalue weighted by molar-refractivity contribution is 9.10. The Balaban J connectivity index is 2.55. The first-order chi connectivity index (χ1) is 9.67. The highest BCUT2D eigenvalue weighted by atomic mass is 79.9. The van der Waals surface area contributed by atoms with Gasteiger partial charge in [-0.25, -0.2) is 4.39 Å². The molecule has 1 atom stereocenters. The minimum absolute atomic E-state index is 0.133. The van der Waals surface area contributed by atoms with Gasteiger partial charge in [0.2, 0.25) is 0 Å². The molecular weight excluding hydrogens is 321 g/mol. The number of hydrogen-bond acceptors (Lipinski definition) is 2. The Kier molecular flexibility index (Phi) is 9.07. The van der Waals surface area contributed by atoms with E-state index in [1.165, 1.54) is 6.07 Å². The van der Waals surface area contributed by atoms with Gasteiger partial charge in [0.15, 0.2) is 0 Å². The summed E-state index contributed by atoms with van der Waals surface area (Å²) in [5.74, 6) is -0.133. The van der Waals surface area contributed by atoms with Gasteiger partial charge >= 0.3 is 0 Å². The largest absolute Gasteiger partial charge is 0.381 e. The molecule has 1 unspecified atom stereocenters. The molecule has 0 aliphatic carbocycles. The van der Waals surface area contributed by atoms with Crippen molar-refractivity contribution in [2.45, 2.75) is 45.6 Å². The van der Waals surface area contributed by atoms with Gasteiger partial charge in [0, 0.05) is 23.7 Å². The van der Waals surface area contributed by atoms with E-state index < -0.39 is 0 Å². The quantitative estimate of drug-likeness (QED) is 0.637. The molecule has 0 fully saturated rings. The molecule has 4 heteroatoms. The molecule has 0 aliphatic rings. The zero-order valence-electron chi connectivity index (χ0n) is 12.4. The molecule has 0 radical (unpaired) electrons. The second-order valence-electron chi connectivity index (χ2n) is 4.99. The van der Waals surface area contributed by atoms with Crippen molar-refractivity contribution in [3.63, 3.8) is 0 Å². The third-order valence-electron chi connectivity index (χ3n) is 3.12. The molecule has 20 heavy (non-hydrogen) atoms. The van der Waals surface area contributed by atoms with Crippen molar-refractivity contribution >= 4 is 15.9 Å². The van der Waals surface area contributed by atoms with Crippen LogP contribution >= 0.6 is 15.9 Å². The van der Waals surface area contributed by atoms with E-state index in [4.69, 9.17) is 4.74 Å². The van der Waals surface area contributed by atoms with Crippen LogP contribution in [0.15, 0.2) is 22.7 Å². The number of benzene rings is 1. The highest BCUT2D eigenvalue weighted by Crippen LogP contribution is 2.17. The average Bonchev–Trinajstić information content (AvgIpc) is 2.44. The van der Waals surface area contributed by atoms with Crippen LogP contribution < -0.4 is 5.32 Å². The lowest BCUT2D eigenvalue weighted by Crippen LogP contribution is -2.33. The van der Waals surface area contributed by atoms with Crippen molar-refractivity contribution in [2.75, 3.05) is 19.8 Å². The first-order valence-corrected chi connectivity index (χ1v) is 8.21. The summed E-state index contributed by atoms with van der Waals surface area (Å²) in [4.78, 5) is 0. The fourth-order valence-electron chi connectivity index (χ4n) is 2.06. The standard InChI is InChI=1S/C16H25BrFNO/c1-3-8-19-15(7-10-20-9-4-2)12-13-11-14(17)5-6-16(13)18/h5-6,11,15,19H,3-4,7-10,12H2,1-2H3. The van der Waals surface area contributed by atoms with Gasteiger partial charge in [-0.15, -0.1) is 0 Å². The number of hydrogen-bond donors (Lipinski definition) is 1. The number of nitrogens with one attached hydrogen (secondary N) is 1. The van der Waals surface area contributed by atoms with Gasteiger partial charge in [0.1, 0.15) is 5.82 Å². The summed E-state index contributed by atoms with van der Waals surface area (Å²) in [6.07, 6.45) is 3.72. The Morgan fingerprint density at radius 1 is 1.25 bits per heavy atom. The minimum Gasteiger partial charge on any atom is -0.381 e. The van der Waals surface area contributed by atoms with Crippen molar-refractivity contribution in [3.8, 4) is 0 Å². The molecule has 0 amide bonds. The van der Waals surface area contributed by atoms with Gasteiger partial charge in [-0.3, -0.25) is 0 Å². The minimum atomic E-state index is -0.133. The second kappa shape index (κ2) is 10.3. The third kappa shape index (κ3) is 6.82. The normalized spacial score (nSPS) is 12.6. The van der Waals surface area contributed by atoms with Crippen LogP contribution in [-0.2, 0) is 11.2 Å². The van der Waals surface area contributed by atoms with E-state index in [0.717, 1.165) is 49.1 Å². The van der Waals surface area contributed by atoms with Crippen LogP contribution in [0.3, 0.4) is 0 Å². The van der Waals surface area contributed by atoms with Crippen LogP contribution in [0.4, 0.5) is 4.39 Å². The van der Waals surface area contributed by atoms with Crippen LogP contribution in [0.25, 0.3) is 0 Å². The molecule has 1 rings (SSSR count). The highest BCUT2D eigenvalue weighted by Gasteiger charge is 2.12. The van der Waals surface area contributed by atoms with Crippen molar-refractivity contribution in [1.29, 1.82) is 0 Å². The Bertz CT molecular complexity index is 387. The Morgan fingerprint density at radius 2 is 2.05 bits per heavy atom. The molecule has 0 bridgehead atoms. The lowest BCUT2D eigenvalue weighted by Gasteiger charge is -2.19. The molecule has 0 saturated carbocycles. The number of halogens is 2. The van der Waals surface area contributed by atoms with Crippen LogP contribution in [0.1, 0.15) is 38.7 Å². The monoisotopic (exact) mass is 345 g/mol. The molecular formula is C16H25BrFNO. The SMILES string of the molecule is CCCNC(CCOCCC)Cc1cc(Br)ccc1F. The molecule has 0 saturated heterocycles. The van der Waals surface area contributed by atoms with Crippen molar-refractivity contribution in [2.24, 2.45) is 0 Å². The zero-order chi connectivity index (χ0) is 14.8. The summed E-state index contributed by atoms with van der Waals surface area (Å²) in [5.41, 5.74) is 0.753. The fraction of sp³-hybridized carbons (Fsp3) is 0.625. The van der Waals surface area contributed by atoms with Crippen molar-refractivity contribution < 1.29 is 9.13 Å². The average molecular weight is 346 g/mol. The van der Waals surface area contributed by atoms with Gasteiger partial charge < -0.3 is 10.1 Å². The summed E-state index contributed by atoms with van der Waals surface area (Å²) in [6, 6.07) is 5.38. The van der Waals surface area contributed by atoms with Crippen molar-refractivity contribution in [1.82, 2.24) is 5.32 Å². The summed E-state index contributed by atoms with van der Waals surface area (Å²) in [5, 5.41) is 3.48. The summed E-state index contributed by atoms with van der Waals surface area (Å²) >= 11 is 3.40. The maximum Gasteiger partial charge on any atom is 0.126 e. The van der Waals surface area contributed by atoms with Crippen molar-refractivity contribution in [3.05, 3.63) is 34.1 Å². The van der Waals surface area contributed by atoms with Crippen LogP contribution in [0, 0.1) is 5.82 Å². The summed E-state index contributed by atoms with van der Waals surface area (Å²) < 4.78 is 20.3. The molecule has 0 aliphatic heterocycles. The topological polar surface area (TPSA) is 21.3 Å². The fourth-order valence-corrected chi connectivity index (χ4v) is 2.47. The van der Waals surface area contributed by atoms with E-state index in [1.54, 1.807) is 6.07 Å². The van der Waals surface area contributed by atoms with Crippen LogP contribution in [0.2, 0.25) is 0 Å². The van der Waals surface area contributed by atoms with Gasteiger partial charge in [0.25, 0.3) is 0 Å². The van der Waals surface area contributed by atoms with E-state index in [9.17, 15) is 4.39 Å². The van der Waals surface area contributed by atoms with Gasteiger partial charge in [-0.2, -0.15) is 0 Å². The lowest BCUT2D eigenvalue weighted by molar-refractivity contribution is 0.124. The summed E-state index contributed by atoms with van der Waals surface area (Å²) in [6.45, 7) is 6.71.